The van der Waals surface area contributed by atoms with Crippen LogP contribution in [-0.2, 0) is 11.3 Å². The number of aromatic nitrogens is 4. The highest BCUT2D eigenvalue weighted by Gasteiger charge is 2.11. The summed E-state index contributed by atoms with van der Waals surface area (Å²) in [7, 11) is 0. The van der Waals surface area contributed by atoms with Gasteiger partial charge >= 0.3 is 0 Å². The third kappa shape index (κ3) is 3.64. The average Bonchev–Trinajstić information content (AvgIpc) is 3.04. The van der Waals surface area contributed by atoms with Crippen LogP contribution in [-0.4, -0.2) is 26.1 Å². The zero-order chi connectivity index (χ0) is 16.9. The molecule has 0 spiro atoms. The molecule has 0 radical (unpaired) electrons. The Labute approximate surface area is 146 Å². The van der Waals surface area contributed by atoms with Crippen LogP contribution in [0.5, 0.6) is 0 Å². The highest BCUT2D eigenvalue weighted by molar-refractivity contribution is 9.10. The van der Waals surface area contributed by atoms with E-state index >= 15 is 0 Å². The fourth-order valence-electron chi connectivity index (χ4n) is 2.02. The van der Waals surface area contributed by atoms with Gasteiger partial charge in [-0.1, -0.05) is 28.1 Å². The quantitative estimate of drug-likeness (QED) is 0.747. The third-order valence-electron chi connectivity index (χ3n) is 3.15. The Morgan fingerprint density at radius 2 is 1.96 bits per heavy atom. The van der Waals surface area contributed by atoms with Crippen molar-refractivity contribution in [1.82, 2.24) is 20.2 Å². The zero-order valence-electron chi connectivity index (χ0n) is 12.3. The lowest BCUT2D eigenvalue weighted by molar-refractivity contribution is -0.117. The fraction of sp³-hybridized carbons (Fsp3) is 0.0625. The Morgan fingerprint density at radius 1 is 1.21 bits per heavy atom. The van der Waals surface area contributed by atoms with Gasteiger partial charge in [0.25, 0.3) is 0 Å². The van der Waals surface area contributed by atoms with E-state index < -0.39 is 0 Å². The number of nitriles is 1. The molecule has 0 bridgehead atoms. The Bertz CT molecular complexity index is 913. The molecular formula is C16H11BrN6O. The second-order valence-electron chi connectivity index (χ2n) is 4.86. The lowest BCUT2D eigenvalue weighted by Gasteiger charge is -2.04. The predicted molar refractivity (Wildman–Crippen MR) is 90.7 cm³/mol. The summed E-state index contributed by atoms with van der Waals surface area (Å²) < 4.78 is 0.853. The number of amides is 1. The van der Waals surface area contributed by atoms with Crippen LogP contribution in [0, 0.1) is 11.3 Å². The molecule has 0 aliphatic rings. The Hall–Kier alpha value is -3.05. The van der Waals surface area contributed by atoms with E-state index in [0.717, 1.165) is 10.0 Å². The minimum absolute atomic E-state index is 0.0581. The first-order valence-electron chi connectivity index (χ1n) is 6.98. The van der Waals surface area contributed by atoms with Crippen LogP contribution in [0.1, 0.15) is 5.56 Å². The number of tetrazole rings is 1. The Morgan fingerprint density at radius 3 is 2.67 bits per heavy atom. The summed E-state index contributed by atoms with van der Waals surface area (Å²) >= 11 is 3.43. The summed E-state index contributed by atoms with van der Waals surface area (Å²) in [6.45, 7) is -0.0581. The number of hydrogen-bond donors (Lipinski definition) is 1. The standard InChI is InChI=1S/C16H11BrN6O/c17-14-4-2-1-3-13(14)16-20-22-23(21-16)10-15(24)19-12-7-5-11(9-18)6-8-12/h1-8H,10H2,(H,19,24). The predicted octanol–water partition coefficient (Wildman–Crippen LogP) is 2.61. The molecular weight excluding hydrogens is 372 g/mol. The fourth-order valence-corrected chi connectivity index (χ4v) is 2.48. The van der Waals surface area contributed by atoms with E-state index in [-0.39, 0.29) is 12.5 Å². The number of carbonyl (C=O) groups is 1. The van der Waals surface area contributed by atoms with E-state index in [1.807, 2.05) is 30.3 Å². The number of carbonyl (C=O) groups excluding carboxylic acids is 1. The van der Waals surface area contributed by atoms with Gasteiger partial charge in [0.2, 0.25) is 11.7 Å². The maximum Gasteiger partial charge on any atom is 0.248 e. The van der Waals surface area contributed by atoms with Gasteiger partial charge in [-0.15, -0.1) is 10.2 Å². The van der Waals surface area contributed by atoms with Crippen molar-refractivity contribution in [3.8, 4) is 17.5 Å². The van der Waals surface area contributed by atoms with Gasteiger partial charge in [0.05, 0.1) is 11.6 Å². The van der Waals surface area contributed by atoms with Crippen LogP contribution < -0.4 is 5.32 Å². The highest BCUT2D eigenvalue weighted by atomic mass is 79.9. The van der Waals surface area contributed by atoms with Crippen LogP contribution in [0.25, 0.3) is 11.4 Å². The van der Waals surface area contributed by atoms with E-state index in [9.17, 15) is 4.79 Å². The monoisotopic (exact) mass is 382 g/mol. The number of hydrogen-bond acceptors (Lipinski definition) is 5. The smallest absolute Gasteiger partial charge is 0.248 e. The molecule has 8 heteroatoms. The zero-order valence-corrected chi connectivity index (χ0v) is 13.9. The summed E-state index contributed by atoms with van der Waals surface area (Å²) in [5, 5.41) is 23.5. The van der Waals surface area contributed by atoms with E-state index in [0.29, 0.717) is 17.1 Å². The first-order chi connectivity index (χ1) is 11.7. The van der Waals surface area contributed by atoms with Crippen molar-refractivity contribution < 1.29 is 4.79 Å². The van der Waals surface area contributed by atoms with Gasteiger partial charge in [0, 0.05) is 15.7 Å². The summed E-state index contributed by atoms with van der Waals surface area (Å²) in [4.78, 5) is 13.3. The molecule has 3 aromatic rings. The molecule has 0 atom stereocenters. The van der Waals surface area contributed by atoms with Crippen molar-refractivity contribution in [2.75, 3.05) is 5.32 Å². The van der Waals surface area contributed by atoms with Crippen LogP contribution >= 0.6 is 15.9 Å². The minimum atomic E-state index is -0.282. The Kier molecular flexibility index (Phi) is 4.63. The maximum absolute atomic E-state index is 12.0. The van der Waals surface area contributed by atoms with Crippen LogP contribution in [0.15, 0.2) is 53.0 Å². The SMILES string of the molecule is N#Cc1ccc(NC(=O)Cn2nnc(-c3ccccc3Br)n2)cc1. The molecule has 0 unspecified atom stereocenters. The van der Waals surface area contributed by atoms with Gasteiger partial charge in [-0.05, 0) is 41.6 Å². The number of nitrogens with one attached hydrogen (secondary N) is 1. The number of benzene rings is 2. The van der Waals surface area contributed by atoms with Crippen molar-refractivity contribution in [1.29, 1.82) is 5.26 Å². The number of rotatable bonds is 4. The molecule has 2 aromatic carbocycles. The average molecular weight is 383 g/mol. The minimum Gasteiger partial charge on any atom is -0.324 e. The summed E-state index contributed by atoms with van der Waals surface area (Å²) in [5.74, 6) is 0.157. The molecule has 0 saturated carbocycles. The van der Waals surface area contributed by atoms with Gasteiger partial charge in [-0.25, -0.2) is 0 Å². The van der Waals surface area contributed by atoms with E-state index in [4.69, 9.17) is 5.26 Å². The van der Waals surface area contributed by atoms with Crippen molar-refractivity contribution in [2.24, 2.45) is 0 Å². The summed E-state index contributed by atoms with van der Waals surface area (Å²) in [6, 6.07) is 16.1. The molecule has 0 saturated heterocycles. The molecule has 0 aliphatic carbocycles. The molecule has 1 N–H and O–H groups in total. The van der Waals surface area contributed by atoms with E-state index in [2.05, 4.69) is 36.7 Å². The summed E-state index contributed by atoms with van der Waals surface area (Å²) in [5.41, 5.74) is 1.94. The van der Waals surface area contributed by atoms with E-state index in [1.54, 1.807) is 24.3 Å². The molecule has 24 heavy (non-hydrogen) atoms. The van der Waals surface area contributed by atoms with Crippen molar-refractivity contribution in [3.05, 3.63) is 58.6 Å². The van der Waals surface area contributed by atoms with Gasteiger partial charge in [-0.2, -0.15) is 10.1 Å². The molecule has 1 heterocycles. The highest BCUT2D eigenvalue weighted by Crippen LogP contribution is 2.24. The third-order valence-corrected chi connectivity index (χ3v) is 3.84. The second kappa shape index (κ2) is 7.02. The van der Waals surface area contributed by atoms with Crippen molar-refractivity contribution >= 4 is 27.5 Å². The number of nitrogens with zero attached hydrogens (tertiary/aromatic N) is 5. The van der Waals surface area contributed by atoms with Crippen molar-refractivity contribution in [2.45, 2.75) is 6.54 Å². The van der Waals surface area contributed by atoms with E-state index in [1.165, 1.54) is 4.80 Å². The molecule has 118 valence electrons. The van der Waals surface area contributed by atoms with Crippen molar-refractivity contribution in [3.63, 3.8) is 0 Å². The number of halogens is 1. The summed E-state index contributed by atoms with van der Waals surface area (Å²) in [6.07, 6.45) is 0. The van der Waals surface area contributed by atoms with Crippen LogP contribution in [0.4, 0.5) is 5.69 Å². The lowest BCUT2D eigenvalue weighted by Crippen LogP contribution is -2.20. The van der Waals surface area contributed by atoms with Gasteiger partial charge in [0.15, 0.2) is 0 Å². The Balaban J connectivity index is 1.67. The van der Waals surface area contributed by atoms with Gasteiger partial charge in [-0.3, -0.25) is 4.79 Å². The van der Waals surface area contributed by atoms with Crippen LogP contribution in [0.3, 0.4) is 0 Å². The molecule has 7 nitrogen and oxygen atoms in total. The van der Waals surface area contributed by atoms with Gasteiger partial charge in [0.1, 0.15) is 6.54 Å². The molecule has 1 amide bonds. The second-order valence-corrected chi connectivity index (χ2v) is 5.71. The normalized spacial score (nSPS) is 10.2. The van der Waals surface area contributed by atoms with Gasteiger partial charge < -0.3 is 5.32 Å². The molecule has 0 aliphatic heterocycles. The topological polar surface area (TPSA) is 96.5 Å². The van der Waals surface area contributed by atoms with Crippen LogP contribution in [0.2, 0.25) is 0 Å². The molecule has 3 rings (SSSR count). The maximum atomic E-state index is 12.0. The first kappa shape index (κ1) is 15.8. The largest absolute Gasteiger partial charge is 0.324 e. The molecule has 1 aromatic heterocycles. The molecule has 0 fully saturated rings. The number of anilines is 1. The lowest BCUT2D eigenvalue weighted by atomic mass is 10.2. The first-order valence-corrected chi connectivity index (χ1v) is 7.78.